The molecule has 0 aromatic heterocycles. The number of benzene rings is 1. The van der Waals surface area contributed by atoms with Crippen molar-refractivity contribution in [3.05, 3.63) is 34.6 Å². The average Bonchev–Trinajstić information content (AvgIpc) is 2.24. The van der Waals surface area contributed by atoms with Crippen molar-refractivity contribution in [2.75, 3.05) is 6.54 Å². The van der Waals surface area contributed by atoms with Gasteiger partial charge in [0.15, 0.2) is 0 Å². The molecule has 0 amide bonds. The third kappa shape index (κ3) is 5.83. The summed E-state index contributed by atoms with van der Waals surface area (Å²) in [6, 6.07) is 4.91. The van der Waals surface area contributed by atoms with E-state index in [4.69, 9.17) is 11.6 Å². The molecular weight excluding hydrogens is 249 g/mol. The van der Waals surface area contributed by atoms with Gasteiger partial charge < -0.3 is 5.32 Å². The molecule has 0 aliphatic carbocycles. The van der Waals surface area contributed by atoms with Crippen LogP contribution < -0.4 is 5.32 Å². The van der Waals surface area contributed by atoms with Gasteiger partial charge >= 0.3 is 0 Å². The van der Waals surface area contributed by atoms with Crippen molar-refractivity contribution in [2.24, 2.45) is 5.92 Å². The Morgan fingerprint density at radius 2 is 2.00 bits per heavy atom. The molecule has 1 rings (SSSR count). The lowest BCUT2D eigenvalue weighted by molar-refractivity contribution is 0.372. The highest BCUT2D eigenvalue weighted by molar-refractivity contribution is 6.30. The smallest absolute Gasteiger partial charge is 0.127 e. The Hall–Kier alpha value is -0.600. The normalized spacial score (nSPS) is 13.7. The van der Waals surface area contributed by atoms with Gasteiger partial charge in [-0.15, -0.1) is 0 Å². The van der Waals surface area contributed by atoms with Crippen LogP contribution >= 0.6 is 11.6 Å². The van der Waals surface area contributed by atoms with Crippen molar-refractivity contribution in [1.29, 1.82) is 0 Å². The monoisotopic (exact) mass is 271 g/mol. The van der Waals surface area contributed by atoms with Crippen molar-refractivity contribution in [2.45, 2.75) is 46.1 Å². The maximum Gasteiger partial charge on any atom is 0.127 e. The molecule has 0 saturated carbocycles. The van der Waals surface area contributed by atoms with Gasteiger partial charge in [0, 0.05) is 10.6 Å². The fourth-order valence-electron chi connectivity index (χ4n) is 1.71. The van der Waals surface area contributed by atoms with Crippen molar-refractivity contribution in [3.63, 3.8) is 0 Å². The molecule has 0 radical (unpaired) electrons. The highest BCUT2D eigenvalue weighted by Crippen LogP contribution is 2.17. The van der Waals surface area contributed by atoms with E-state index < -0.39 is 0 Å². The zero-order valence-electron chi connectivity index (χ0n) is 11.7. The Morgan fingerprint density at radius 1 is 1.33 bits per heavy atom. The van der Waals surface area contributed by atoms with Crippen LogP contribution in [-0.4, -0.2) is 12.1 Å². The molecule has 1 nitrogen and oxygen atoms in total. The summed E-state index contributed by atoms with van der Waals surface area (Å²) < 4.78 is 13.6. The lowest BCUT2D eigenvalue weighted by Crippen LogP contribution is -2.38. The van der Waals surface area contributed by atoms with Gasteiger partial charge in [0.1, 0.15) is 5.82 Å². The first-order valence-corrected chi connectivity index (χ1v) is 6.84. The number of nitrogens with one attached hydrogen (secondary N) is 1. The molecule has 1 aromatic carbocycles. The number of hydrogen-bond donors (Lipinski definition) is 1. The predicted octanol–water partition coefficient (Wildman–Crippen LogP) is 4.44. The van der Waals surface area contributed by atoms with Crippen LogP contribution in [0.4, 0.5) is 4.39 Å². The predicted molar refractivity (Wildman–Crippen MR) is 76.7 cm³/mol. The third-order valence-corrected chi connectivity index (χ3v) is 3.14. The van der Waals surface area contributed by atoms with Gasteiger partial charge in [-0.1, -0.05) is 24.6 Å². The summed E-state index contributed by atoms with van der Waals surface area (Å²) in [7, 11) is 0. The van der Waals surface area contributed by atoms with Crippen LogP contribution in [0.5, 0.6) is 0 Å². The molecule has 1 atom stereocenters. The summed E-state index contributed by atoms with van der Waals surface area (Å²) >= 11 is 5.73. The lowest BCUT2D eigenvalue weighted by Gasteiger charge is -2.23. The van der Waals surface area contributed by atoms with Crippen LogP contribution in [-0.2, 0) is 6.42 Å². The Bertz CT molecular complexity index is 385. The highest BCUT2D eigenvalue weighted by atomic mass is 35.5. The first kappa shape index (κ1) is 15.5. The Kier molecular flexibility index (Phi) is 5.61. The van der Waals surface area contributed by atoms with Crippen LogP contribution in [0.2, 0.25) is 5.02 Å². The quantitative estimate of drug-likeness (QED) is 0.835. The Morgan fingerprint density at radius 3 is 2.56 bits per heavy atom. The van der Waals surface area contributed by atoms with Gasteiger partial charge in [0.05, 0.1) is 0 Å². The molecule has 0 bridgehead atoms. The van der Waals surface area contributed by atoms with E-state index in [9.17, 15) is 4.39 Å². The van der Waals surface area contributed by atoms with Gasteiger partial charge in [0.25, 0.3) is 0 Å². The Balaban J connectivity index is 2.40. The fourth-order valence-corrected chi connectivity index (χ4v) is 1.87. The molecule has 3 heteroatoms. The van der Waals surface area contributed by atoms with E-state index >= 15 is 0 Å². The first-order valence-electron chi connectivity index (χ1n) is 6.47. The summed E-state index contributed by atoms with van der Waals surface area (Å²) in [6.45, 7) is 9.60. The van der Waals surface area contributed by atoms with Crippen molar-refractivity contribution in [1.82, 2.24) is 5.32 Å². The number of hydrogen-bond acceptors (Lipinski definition) is 1. The molecule has 1 aromatic rings. The molecule has 1 N–H and O–H groups in total. The molecule has 0 heterocycles. The zero-order valence-corrected chi connectivity index (χ0v) is 12.4. The molecule has 0 saturated heterocycles. The van der Waals surface area contributed by atoms with Crippen LogP contribution in [0.1, 0.15) is 39.7 Å². The summed E-state index contributed by atoms with van der Waals surface area (Å²) in [5.74, 6) is 0.331. The number of halogens is 2. The second-order valence-electron chi connectivity index (χ2n) is 6.01. The van der Waals surface area contributed by atoms with Crippen molar-refractivity contribution in [3.8, 4) is 0 Å². The minimum absolute atomic E-state index is 0.139. The molecule has 1 unspecified atom stereocenters. The molecule has 0 fully saturated rings. The Labute approximate surface area is 115 Å². The van der Waals surface area contributed by atoms with Crippen LogP contribution in [0.25, 0.3) is 0 Å². The molecule has 0 spiro atoms. The molecular formula is C15H23ClFN. The SMILES string of the molecule is CC(CCc1ccc(Cl)cc1F)CNC(C)(C)C. The minimum Gasteiger partial charge on any atom is -0.312 e. The summed E-state index contributed by atoms with van der Waals surface area (Å²) in [5, 5.41) is 3.92. The first-order chi connectivity index (χ1) is 8.28. The van der Waals surface area contributed by atoms with Crippen LogP contribution in [0.15, 0.2) is 18.2 Å². The minimum atomic E-state index is -0.196. The van der Waals surface area contributed by atoms with E-state index in [1.165, 1.54) is 6.07 Å². The number of rotatable bonds is 5. The second kappa shape index (κ2) is 6.53. The molecule has 0 aliphatic heterocycles. The van der Waals surface area contributed by atoms with E-state index in [1.54, 1.807) is 12.1 Å². The standard InChI is InChI=1S/C15H23ClFN/c1-11(10-18-15(2,3)4)5-6-12-7-8-13(16)9-14(12)17/h7-9,11,18H,5-6,10H2,1-4H3. The van der Waals surface area contributed by atoms with Gasteiger partial charge in [0.2, 0.25) is 0 Å². The summed E-state index contributed by atoms with van der Waals surface area (Å²) in [5.41, 5.74) is 0.891. The summed E-state index contributed by atoms with van der Waals surface area (Å²) in [4.78, 5) is 0. The average molecular weight is 272 g/mol. The molecule has 0 aliphatic rings. The largest absolute Gasteiger partial charge is 0.312 e. The molecule has 102 valence electrons. The van der Waals surface area contributed by atoms with Crippen molar-refractivity contribution < 1.29 is 4.39 Å². The van der Waals surface area contributed by atoms with E-state index in [-0.39, 0.29) is 11.4 Å². The van der Waals surface area contributed by atoms with Crippen LogP contribution in [0.3, 0.4) is 0 Å². The number of aryl methyl sites for hydroxylation is 1. The van der Waals surface area contributed by atoms with Gasteiger partial charge in [-0.2, -0.15) is 0 Å². The second-order valence-corrected chi connectivity index (χ2v) is 6.45. The van der Waals surface area contributed by atoms with E-state index in [0.717, 1.165) is 24.9 Å². The van der Waals surface area contributed by atoms with Gasteiger partial charge in [-0.3, -0.25) is 0 Å². The maximum absolute atomic E-state index is 13.6. The maximum atomic E-state index is 13.6. The molecule has 18 heavy (non-hydrogen) atoms. The van der Waals surface area contributed by atoms with Crippen molar-refractivity contribution >= 4 is 11.6 Å². The topological polar surface area (TPSA) is 12.0 Å². The highest BCUT2D eigenvalue weighted by Gasteiger charge is 2.12. The van der Waals surface area contributed by atoms with Gasteiger partial charge in [-0.05, 0) is 63.8 Å². The lowest BCUT2D eigenvalue weighted by atomic mass is 9.99. The fraction of sp³-hybridized carbons (Fsp3) is 0.600. The summed E-state index contributed by atoms with van der Waals surface area (Å²) in [6.07, 6.45) is 1.73. The van der Waals surface area contributed by atoms with E-state index in [0.29, 0.717) is 10.9 Å². The zero-order chi connectivity index (χ0) is 13.8. The van der Waals surface area contributed by atoms with E-state index in [2.05, 4.69) is 33.0 Å². The van der Waals surface area contributed by atoms with Crippen LogP contribution in [0, 0.1) is 11.7 Å². The third-order valence-electron chi connectivity index (χ3n) is 2.90. The van der Waals surface area contributed by atoms with Gasteiger partial charge in [-0.25, -0.2) is 4.39 Å². The van der Waals surface area contributed by atoms with E-state index in [1.807, 2.05) is 0 Å².